The number of fused-ring (bicyclic) bond motifs is 4. The Kier molecular flexibility index (Phi) is 5.23. The molecule has 0 radical (unpaired) electrons. The summed E-state index contributed by atoms with van der Waals surface area (Å²) < 4.78 is 14.7. The van der Waals surface area contributed by atoms with Crippen LogP contribution in [0.2, 0.25) is 0 Å². The lowest BCUT2D eigenvalue weighted by Crippen LogP contribution is -2.34. The minimum Gasteiger partial charge on any atom is -0.478 e. The van der Waals surface area contributed by atoms with E-state index in [1.807, 2.05) is 37.3 Å². The van der Waals surface area contributed by atoms with E-state index in [2.05, 4.69) is 65.9 Å². The van der Waals surface area contributed by atoms with Gasteiger partial charge in [-0.15, -0.1) is 0 Å². The molecule has 0 N–H and O–H groups in total. The summed E-state index contributed by atoms with van der Waals surface area (Å²) in [5.74, 6) is 1.74. The number of aryl methyl sites for hydroxylation is 2. The Balaban J connectivity index is 1.38. The number of rotatable bonds is 4. The molecular weight excluding hydrogens is 436 g/mol. The minimum atomic E-state index is -0.0677. The number of benzene rings is 3. The van der Waals surface area contributed by atoms with Gasteiger partial charge in [0.05, 0.1) is 11.1 Å². The number of carbonyl (C=O) groups excluding carboxylic acids is 1. The van der Waals surface area contributed by atoms with Crippen LogP contribution in [0.1, 0.15) is 52.5 Å². The van der Waals surface area contributed by atoms with E-state index in [0.717, 1.165) is 39.9 Å². The van der Waals surface area contributed by atoms with E-state index in [9.17, 15) is 4.79 Å². The average molecular weight is 465 g/mol. The largest absolute Gasteiger partial charge is 0.478 e. The zero-order chi connectivity index (χ0) is 24.1. The van der Waals surface area contributed by atoms with Crippen molar-refractivity contribution < 1.29 is 14.3 Å². The fraction of sp³-hybridized carbons (Fsp3) is 0.233. The minimum absolute atomic E-state index is 0.0677. The first-order valence-electron chi connectivity index (χ1n) is 12.2. The van der Waals surface area contributed by atoms with Gasteiger partial charge in [0.25, 0.3) is 0 Å². The highest BCUT2D eigenvalue weighted by molar-refractivity contribution is 6.16. The highest BCUT2D eigenvalue weighted by atomic mass is 16.5. The third-order valence-electron chi connectivity index (χ3n) is 7.23. The van der Waals surface area contributed by atoms with Crippen molar-refractivity contribution >= 4 is 22.8 Å². The maximum Gasteiger partial charge on any atom is 0.232 e. The van der Waals surface area contributed by atoms with Crippen molar-refractivity contribution in [1.82, 2.24) is 9.47 Å². The maximum atomic E-state index is 13.5. The smallest absolute Gasteiger partial charge is 0.232 e. The molecule has 0 spiro atoms. The molecule has 6 rings (SSSR count). The Morgan fingerprint density at radius 1 is 1.09 bits per heavy atom. The van der Waals surface area contributed by atoms with Gasteiger partial charge in [-0.2, -0.15) is 0 Å². The Morgan fingerprint density at radius 3 is 2.66 bits per heavy atom. The number of ketones is 1. The predicted molar refractivity (Wildman–Crippen MR) is 138 cm³/mol. The van der Waals surface area contributed by atoms with Crippen LogP contribution in [0.3, 0.4) is 0 Å². The molecule has 2 aliphatic heterocycles. The van der Waals surface area contributed by atoms with Crippen LogP contribution >= 0.6 is 0 Å². The molecule has 3 aromatic carbocycles. The number of para-hydroxylation sites is 1. The van der Waals surface area contributed by atoms with E-state index >= 15 is 0 Å². The van der Waals surface area contributed by atoms with E-state index in [1.165, 1.54) is 5.56 Å². The summed E-state index contributed by atoms with van der Waals surface area (Å²) >= 11 is 0. The van der Waals surface area contributed by atoms with E-state index in [0.29, 0.717) is 30.3 Å². The number of hydrogen-bond acceptors (Lipinski definition) is 4. The van der Waals surface area contributed by atoms with Gasteiger partial charge >= 0.3 is 0 Å². The van der Waals surface area contributed by atoms with Gasteiger partial charge in [0.2, 0.25) is 5.78 Å². The number of aromatic nitrogens is 1. The third-order valence-corrected chi connectivity index (χ3v) is 7.23. The topological polar surface area (TPSA) is 43.7 Å². The lowest BCUT2D eigenvalue weighted by atomic mass is 9.98. The van der Waals surface area contributed by atoms with Crippen LogP contribution in [0.5, 0.6) is 11.5 Å². The van der Waals surface area contributed by atoms with Crippen LogP contribution in [-0.4, -0.2) is 22.0 Å². The quantitative estimate of drug-likeness (QED) is 0.324. The molecule has 2 aliphatic rings. The van der Waals surface area contributed by atoms with Crippen molar-refractivity contribution in [3.8, 4) is 11.5 Å². The zero-order valence-electron chi connectivity index (χ0n) is 20.2. The average Bonchev–Trinajstić information content (AvgIpc) is 3.42. The van der Waals surface area contributed by atoms with E-state index < -0.39 is 0 Å². The monoisotopic (exact) mass is 464 g/mol. The normalized spacial score (nSPS) is 17.2. The number of carbonyl (C=O) groups is 1. The number of ether oxygens (including phenoxy) is 2. The van der Waals surface area contributed by atoms with Crippen molar-refractivity contribution in [3.05, 3.63) is 100 Å². The Morgan fingerprint density at radius 2 is 1.86 bits per heavy atom. The summed E-state index contributed by atoms with van der Waals surface area (Å²) in [5, 5.41) is 1.11. The number of hydrogen-bond donors (Lipinski definition) is 0. The van der Waals surface area contributed by atoms with E-state index in [4.69, 9.17) is 9.47 Å². The molecule has 5 heteroatoms. The van der Waals surface area contributed by atoms with Crippen LogP contribution in [-0.2, 0) is 13.1 Å². The maximum absolute atomic E-state index is 13.5. The third kappa shape index (κ3) is 3.55. The number of Topliss-reactive ketones (excluding diaryl/α,β-unsaturated/α-hetero) is 1. The fourth-order valence-electron chi connectivity index (χ4n) is 5.23. The van der Waals surface area contributed by atoms with Gasteiger partial charge in [-0.3, -0.25) is 9.69 Å². The first-order valence-corrected chi connectivity index (χ1v) is 12.2. The molecule has 0 saturated carbocycles. The molecule has 3 heterocycles. The SMILES string of the molecule is CCn1cc(/C=C2\Oc3c4c(cc(C)c3C2=O)OCN(C(C)c2ccccc2)C4)c2ccccc21. The van der Waals surface area contributed by atoms with Crippen molar-refractivity contribution in [2.45, 2.75) is 39.9 Å². The molecule has 5 nitrogen and oxygen atoms in total. The molecule has 0 aliphatic carbocycles. The molecule has 1 unspecified atom stereocenters. The fourth-order valence-corrected chi connectivity index (χ4v) is 5.23. The molecular formula is C30H28N2O3. The summed E-state index contributed by atoms with van der Waals surface area (Å²) in [4.78, 5) is 15.8. The zero-order valence-corrected chi connectivity index (χ0v) is 20.2. The summed E-state index contributed by atoms with van der Waals surface area (Å²) in [7, 11) is 0. The predicted octanol–water partition coefficient (Wildman–Crippen LogP) is 6.50. The first-order chi connectivity index (χ1) is 17.0. The van der Waals surface area contributed by atoms with Gasteiger partial charge in [0.1, 0.15) is 18.2 Å². The molecule has 4 aromatic rings. The Labute approximate surface area is 205 Å². The summed E-state index contributed by atoms with van der Waals surface area (Å²) in [6.07, 6.45) is 3.97. The molecule has 0 saturated heterocycles. The highest BCUT2D eigenvalue weighted by Crippen LogP contribution is 2.45. The van der Waals surface area contributed by atoms with Gasteiger partial charge in [-0.25, -0.2) is 0 Å². The van der Waals surface area contributed by atoms with E-state index in [-0.39, 0.29) is 11.8 Å². The molecule has 0 amide bonds. The second-order valence-electron chi connectivity index (χ2n) is 9.31. The van der Waals surface area contributed by atoms with Gasteiger partial charge in [0, 0.05) is 41.8 Å². The molecule has 1 atom stereocenters. The standard InChI is InChI=1S/C30H28N2O3/c1-4-31-16-22(23-12-8-9-13-25(23)31)15-27-29(33)28-19(2)14-26-24(30(28)35-27)17-32(18-34-26)20(3)21-10-6-5-7-11-21/h5-16,20H,4,17-18H2,1-3H3/b27-15-. The van der Waals surface area contributed by atoms with Gasteiger partial charge in [-0.1, -0.05) is 48.5 Å². The van der Waals surface area contributed by atoms with Crippen molar-refractivity contribution in [2.24, 2.45) is 0 Å². The number of allylic oxidation sites excluding steroid dienone is 1. The highest BCUT2D eigenvalue weighted by Gasteiger charge is 2.36. The summed E-state index contributed by atoms with van der Waals surface area (Å²) in [5.41, 5.74) is 5.83. The second kappa shape index (κ2) is 8.43. The summed E-state index contributed by atoms with van der Waals surface area (Å²) in [6, 6.07) is 20.8. The molecule has 1 aromatic heterocycles. The van der Waals surface area contributed by atoms with Gasteiger partial charge in [0.15, 0.2) is 5.76 Å². The second-order valence-corrected chi connectivity index (χ2v) is 9.31. The van der Waals surface area contributed by atoms with Gasteiger partial charge in [-0.05, 0) is 50.1 Å². The molecule has 35 heavy (non-hydrogen) atoms. The Hall–Kier alpha value is -3.83. The molecule has 176 valence electrons. The van der Waals surface area contributed by atoms with E-state index in [1.54, 1.807) is 0 Å². The van der Waals surface area contributed by atoms with Crippen LogP contribution < -0.4 is 9.47 Å². The lowest BCUT2D eigenvalue weighted by Gasteiger charge is -2.34. The van der Waals surface area contributed by atoms with Crippen molar-refractivity contribution in [2.75, 3.05) is 6.73 Å². The van der Waals surface area contributed by atoms with Crippen LogP contribution in [0.25, 0.3) is 17.0 Å². The summed E-state index contributed by atoms with van der Waals surface area (Å²) in [6.45, 7) is 8.26. The van der Waals surface area contributed by atoms with Crippen molar-refractivity contribution in [1.29, 1.82) is 0 Å². The Bertz CT molecular complexity index is 1480. The van der Waals surface area contributed by atoms with Gasteiger partial charge < -0.3 is 14.0 Å². The van der Waals surface area contributed by atoms with Crippen LogP contribution in [0.15, 0.2) is 72.6 Å². The first kappa shape index (κ1) is 21.7. The molecule has 0 bridgehead atoms. The lowest BCUT2D eigenvalue weighted by molar-refractivity contribution is 0.0605. The van der Waals surface area contributed by atoms with Crippen LogP contribution in [0, 0.1) is 6.92 Å². The van der Waals surface area contributed by atoms with Crippen molar-refractivity contribution in [3.63, 3.8) is 0 Å². The number of nitrogens with zero attached hydrogens (tertiary/aromatic N) is 2. The molecule has 0 fully saturated rings. The van der Waals surface area contributed by atoms with Crippen LogP contribution in [0.4, 0.5) is 0 Å².